The molecular weight excluding hydrogens is 622 g/mol. The van der Waals surface area contributed by atoms with E-state index in [4.69, 9.17) is 18.9 Å². The Balaban J connectivity index is 0.993. The summed E-state index contributed by atoms with van der Waals surface area (Å²) in [6.45, 7) is 18.3. The number of carbonyl (C=O) groups excluding carboxylic acids is 1. The van der Waals surface area contributed by atoms with Crippen molar-refractivity contribution in [3.05, 3.63) is 0 Å². The van der Waals surface area contributed by atoms with Crippen LogP contribution in [0.25, 0.3) is 0 Å². The molecule has 3 N–H and O–H groups in total. The first-order chi connectivity index (χ1) is 23.0. The summed E-state index contributed by atoms with van der Waals surface area (Å²) in [5.41, 5.74) is -1.08. The third-order valence-corrected chi connectivity index (χ3v) is 17.1. The van der Waals surface area contributed by atoms with Crippen molar-refractivity contribution in [3.8, 4) is 0 Å². The van der Waals surface area contributed by atoms with Gasteiger partial charge in [-0.15, -0.1) is 0 Å². The van der Waals surface area contributed by atoms with Gasteiger partial charge >= 0.3 is 0 Å². The molecule has 2 spiro atoms. The van der Waals surface area contributed by atoms with E-state index >= 15 is 0 Å². The van der Waals surface area contributed by atoms with E-state index in [0.717, 1.165) is 44.9 Å². The van der Waals surface area contributed by atoms with E-state index in [1.54, 1.807) is 13.8 Å². The average Bonchev–Trinajstić information content (AvgIpc) is 3.70. The number of hydrogen-bond donors (Lipinski definition) is 3. The first-order valence-corrected chi connectivity index (χ1v) is 19.9. The minimum atomic E-state index is -1.26. The van der Waals surface area contributed by atoms with E-state index in [1.807, 2.05) is 4.90 Å². The Labute approximate surface area is 294 Å². The normalized spacial score (nSPS) is 51.5. The van der Waals surface area contributed by atoms with Crippen LogP contribution in [0.2, 0.25) is 0 Å². The Kier molecular flexibility index (Phi) is 8.34. The second kappa shape index (κ2) is 11.6. The van der Waals surface area contributed by atoms with E-state index < -0.39 is 23.9 Å². The average molecular weight is 688 g/mol. The second-order valence-electron chi connectivity index (χ2n) is 19.7. The van der Waals surface area contributed by atoms with Gasteiger partial charge in [0.05, 0.1) is 43.2 Å². The van der Waals surface area contributed by atoms with Crippen molar-refractivity contribution in [2.75, 3.05) is 32.9 Å². The molecule has 0 aromatic heterocycles. The van der Waals surface area contributed by atoms with Crippen molar-refractivity contribution in [3.63, 3.8) is 0 Å². The van der Waals surface area contributed by atoms with Gasteiger partial charge < -0.3 is 39.2 Å². The molecule has 1 amide bonds. The summed E-state index contributed by atoms with van der Waals surface area (Å²) in [7, 11) is 0. The highest BCUT2D eigenvalue weighted by atomic mass is 16.7. The minimum Gasteiger partial charge on any atom is -0.390 e. The van der Waals surface area contributed by atoms with Crippen molar-refractivity contribution in [2.45, 2.75) is 155 Å². The van der Waals surface area contributed by atoms with Crippen LogP contribution in [0.3, 0.4) is 0 Å². The Morgan fingerprint density at radius 3 is 2.37 bits per heavy atom. The molecule has 8 rings (SSSR count). The van der Waals surface area contributed by atoms with Gasteiger partial charge in [0.1, 0.15) is 6.10 Å². The number of hydrogen-bond acceptors (Lipinski definition) is 8. The standard InChI is InChI=1S/C40H65NO8/c1-23-20-25(32(42)36(4,5)45)48-31-30(23)37(6)14-15-40-22-39(40)13-10-28(35(2,3)26(39)8-9-27(40)38(37,7)33(31)43)49-29-21-41(16-19-47-29)34(44)24-11-17-46-18-12-24/h23-33,42-43,45H,8-22H2,1-7H3/t23-,25-,26+,27+,28?,29?,30?,31+,32?,33+,37-,38-,39?,40+/m1/s1. The van der Waals surface area contributed by atoms with Crippen LogP contribution in [0.1, 0.15) is 113 Å². The molecule has 3 heterocycles. The highest BCUT2D eigenvalue weighted by Gasteiger charge is 2.84. The van der Waals surface area contributed by atoms with Crippen molar-refractivity contribution >= 4 is 5.91 Å². The Morgan fingerprint density at radius 1 is 0.959 bits per heavy atom. The van der Waals surface area contributed by atoms with E-state index in [9.17, 15) is 20.1 Å². The fraction of sp³-hybridized carbons (Fsp3) is 0.975. The number of amides is 1. The predicted molar refractivity (Wildman–Crippen MR) is 183 cm³/mol. The molecule has 9 nitrogen and oxygen atoms in total. The quantitative estimate of drug-likeness (QED) is 0.373. The molecule has 9 heteroatoms. The number of aliphatic hydroxyl groups is 3. The molecule has 49 heavy (non-hydrogen) atoms. The van der Waals surface area contributed by atoms with Crippen molar-refractivity contribution < 1.29 is 39.1 Å². The van der Waals surface area contributed by atoms with E-state index in [2.05, 4.69) is 34.6 Å². The molecule has 5 saturated carbocycles. The SMILES string of the molecule is C[C@@H]1C[C@H](C(O)C(C)(C)O)O[C@H]2C1[C@@]1(C)CC[C@@]34CC35CCC(OC3CN(C(=O)C6CCOCC6)CCO3)C(C)(C)[C@@H]5CC[C@H]4[C@]1(C)[C@H]2O. The van der Waals surface area contributed by atoms with Crippen LogP contribution < -0.4 is 0 Å². The van der Waals surface area contributed by atoms with Crippen LogP contribution in [0.4, 0.5) is 0 Å². The summed E-state index contributed by atoms with van der Waals surface area (Å²) in [5.74, 6) is 1.79. The Morgan fingerprint density at radius 2 is 1.65 bits per heavy atom. The monoisotopic (exact) mass is 687 g/mol. The van der Waals surface area contributed by atoms with Gasteiger partial charge in [-0.1, -0.05) is 34.6 Å². The highest BCUT2D eigenvalue weighted by Crippen LogP contribution is 2.89. The van der Waals surface area contributed by atoms with Crippen molar-refractivity contribution in [1.82, 2.24) is 4.90 Å². The maximum Gasteiger partial charge on any atom is 0.226 e. The molecule has 0 aromatic rings. The first-order valence-electron chi connectivity index (χ1n) is 19.9. The van der Waals surface area contributed by atoms with Gasteiger partial charge in [0, 0.05) is 31.1 Å². The molecule has 8 fully saturated rings. The molecule has 5 aliphatic carbocycles. The zero-order valence-corrected chi connectivity index (χ0v) is 31.3. The van der Waals surface area contributed by atoms with Crippen LogP contribution in [-0.4, -0.2) is 101 Å². The lowest BCUT2D eigenvalue weighted by Gasteiger charge is -2.64. The third kappa shape index (κ3) is 4.83. The number of morpholine rings is 1. The minimum absolute atomic E-state index is 0.0227. The molecule has 0 bridgehead atoms. The van der Waals surface area contributed by atoms with Crippen molar-refractivity contribution in [2.24, 2.45) is 56.7 Å². The molecule has 0 aromatic carbocycles. The Bertz CT molecular complexity index is 1300. The van der Waals surface area contributed by atoms with Gasteiger partial charge in [-0.25, -0.2) is 0 Å². The molecule has 278 valence electrons. The molecule has 5 unspecified atom stereocenters. The van der Waals surface area contributed by atoms with Gasteiger partial charge in [-0.3, -0.25) is 4.79 Å². The summed E-state index contributed by atoms with van der Waals surface area (Å²) in [4.78, 5) is 15.3. The highest BCUT2D eigenvalue weighted by molar-refractivity contribution is 5.79. The largest absolute Gasteiger partial charge is 0.390 e. The van der Waals surface area contributed by atoms with E-state index in [-0.39, 0.29) is 69.2 Å². The molecule has 3 saturated heterocycles. The van der Waals surface area contributed by atoms with Gasteiger partial charge in [-0.2, -0.15) is 0 Å². The topological polar surface area (TPSA) is 118 Å². The number of carbonyl (C=O) groups is 1. The Hall–Kier alpha value is -0.810. The van der Waals surface area contributed by atoms with Crippen LogP contribution in [-0.2, 0) is 23.7 Å². The van der Waals surface area contributed by atoms with E-state index in [0.29, 0.717) is 51.2 Å². The maximum atomic E-state index is 13.3. The number of ether oxygens (including phenoxy) is 4. The lowest BCUT2D eigenvalue weighted by atomic mass is 9.41. The number of fused-ring (bicyclic) bond motifs is 4. The summed E-state index contributed by atoms with van der Waals surface area (Å²) in [6.07, 6.45) is 7.61. The number of nitrogens with zero attached hydrogens (tertiary/aromatic N) is 1. The van der Waals surface area contributed by atoms with Gasteiger partial charge in [0.25, 0.3) is 0 Å². The maximum absolute atomic E-state index is 13.3. The first kappa shape index (κ1) is 35.2. The lowest BCUT2D eigenvalue weighted by Crippen LogP contribution is -2.60. The third-order valence-electron chi connectivity index (χ3n) is 17.1. The van der Waals surface area contributed by atoms with Crippen LogP contribution in [0.15, 0.2) is 0 Å². The second-order valence-corrected chi connectivity index (χ2v) is 19.7. The zero-order valence-electron chi connectivity index (χ0n) is 31.3. The fourth-order valence-corrected chi connectivity index (χ4v) is 14.5. The van der Waals surface area contributed by atoms with Crippen LogP contribution >= 0.6 is 0 Å². The summed E-state index contributed by atoms with van der Waals surface area (Å²) >= 11 is 0. The molecule has 0 radical (unpaired) electrons. The fourth-order valence-electron chi connectivity index (χ4n) is 14.5. The molecule has 8 aliphatic rings. The van der Waals surface area contributed by atoms with Crippen LogP contribution in [0.5, 0.6) is 0 Å². The number of rotatable bonds is 5. The molecular formula is C40H65NO8. The van der Waals surface area contributed by atoms with Gasteiger partial charge in [0.15, 0.2) is 6.29 Å². The number of aliphatic hydroxyl groups excluding tert-OH is 2. The summed E-state index contributed by atoms with van der Waals surface area (Å²) in [5, 5.41) is 34.2. The van der Waals surface area contributed by atoms with E-state index in [1.165, 1.54) is 12.8 Å². The summed E-state index contributed by atoms with van der Waals surface area (Å²) in [6, 6.07) is 0. The smallest absolute Gasteiger partial charge is 0.226 e. The lowest BCUT2D eigenvalue weighted by molar-refractivity contribution is -0.248. The van der Waals surface area contributed by atoms with Crippen molar-refractivity contribution in [1.29, 1.82) is 0 Å². The molecule has 14 atom stereocenters. The molecule has 3 aliphatic heterocycles. The predicted octanol–water partition coefficient (Wildman–Crippen LogP) is 4.93. The zero-order chi connectivity index (χ0) is 34.9. The van der Waals surface area contributed by atoms with Crippen LogP contribution in [0, 0.1) is 56.7 Å². The van der Waals surface area contributed by atoms with Gasteiger partial charge in [-0.05, 0) is 123 Å². The van der Waals surface area contributed by atoms with Gasteiger partial charge in [0.2, 0.25) is 5.91 Å². The summed E-state index contributed by atoms with van der Waals surface area (Å²) < 4.78 is 25.2.